The van der Waals surface area contributed by atoms with Crippen LogP contribution in [-0.4, -0.2) is 3.71 Å². The number of rotatable bonds is 1. The summed E-state index contributed by atoms with van der Waals surface area (Å²) in [5.74, 6) is 0. The molecule has 4 rings (SSSR count). The SMILES string of the molecule is CC(C)(C)C1=CC[C-]=C1.Cl.Cl.[CH3-].[Zr]=[CH]c1ccccc1.c1ccc2[cH-]ccc2c1. The molecule has 0 spiro atoms. The normalized spacial score (nSPS) is 11.2. The molecular formula is C26H31Cl2Zr-3. The Morgan fingerprint density at radius 2 is 1.55 bits per heavy atom. The van der Waals surface area contributed by atoms with Crippen molar-refractivity contribution in [1.82, 2.24) is 0 Å². The van der Waals surface area contributed by atoms with Crippen LogP contribution in [0.25, 0.3) is 10.8 Å². The Hall–Kier alpha value is -1.14. The summed E-state index contributed by atoms with van der Waals surface area (Å²) >= 11 is 1.46. The molecule has 29 heavy (non-hydrogen) atoms. The first-order valence-electron chi connectivity index (χ1n) is 8.94. The van der Waals surface area contributed by atoms with Crippen molar-refractivity contribution in [2.45, 2.75) is 27.2 Å². The van der Waals surface area contributed by atoms with Gasteiger partial charge in [-0.2, -0.15) is 29.2 Å². The van der Waals surface area contributed by atoms with Crippen molar-refractivity contribution in [1.29, 1.82) is 0 Å². The summed E-state index contributed by atoms with van der Waals surface area (Å²) in [6.45, 7) is 6.67. The van der Waals surface area contributed by atoms with E-state index in [0.29, 0.717) is 5.41 Å². The van der Waals surface area contributed by atoms with Gasteiger partial charge < -0.3 is 7.43 Å². The number of fused-ring (bicyclic) bond motifs is 1. The first-order valence-corrected chi connectivity index (χ1v) is 10.4. The monoisotopic (exact) mass is 503 g/mol. The topological polar surface area (TPSA) is 0 Å². The second kappa shape index (κ2) is 15.7. The minimum atomic E-state index is 0. The van der Waals surface area contributed by atoms with Crippen LogP contribution in [-0.2, 0) is 24.2 Å². The van der Waals surface area contributed by atoms with E-state index in [0.717, 1.165) is 6.42 Å². The molecular weight excluding hydrogens is 474 g/mol. The average Bonchev–Trinajstić information content (AvgIpc) is 3.35. The molecule has 0 bridgehead atoms. The number of hydrogen-bond donors (Lipinski definition) is 0. The fraction of sp³-hybridized carbons (Fsp3) is 0.192. The fourth-order valence-electron chi connectivity index (χ4n) is 2.54. The van der Waals surface area contributed by atoms with Gasteiger partial charge in [-0.25, -0.2) is 6.08 Å². The third kappa shape index (κ3) is 11.0. The first kappa shape index (κ1) is 30.1. The van der Waals surface area contributed by atoms with Gasteiger partial charge in [0.25, 0.3) is 0 Å². The predicted octanol–water partition coefficient (Wildman–Crippen LogP) is 7.96. The van der Waals surface area contributed by atoms with Crippen LogP contribution in [0.4, 0.5) is 0 Å². The van der Waals surface area contributed by atoms with Gasteiger partial charge in [-0.3, -0.25) is 6.08 Å². The van der Waals surface area contributed by atoms with Gasteiger partial charge in [0.05, 0.1) is 0 Å². The quantitative estimate of drug-likeness (QED) is 0.294. The first-order chi connectivity index (χ1) is 12.5. The van der Waals surface area contributed by atoms with Gasteiger partial charge in [0.15, 0.2) is 0 Å². The van der Waals surface area contributed by atoms with Gasteiger partial charge in [0.1, 0.15) is 0 Å². The summed E-state index contributed by atoms with van der Waals surface area (Å²) in [6, 6.07) is 25.0. The number of allylic oxidation sites excluding steroid dienone is 4. The standard InChI is InChI=1S/C9H7.C9H13.C7H6.CH3.2ClH.Zr/c1-2-5-9-7-3-6-8(9)4-1;1-9(2,3)8-6-4-5-7-8;1-7-5-3-2-4-6-7;;;;/h1-7H;6-7H,4H2,1-3H3;1-6H;1H3;2*1H;/q2*-1;;-1;;;. The molecule has 0 aromatic heterocycles. The smallest absolute Gasteiger partial charge is 0.0809 e. The second-order valence-corrected chi connectivity index (χ2v) is 7.88. The third-order valence-electron chi connectivity index (χ3n) is 4.08. The van der Waals surface area contributed by atoms with Crippen LogP contribution in [0.1, 0.15) is 32.8 Å². The second-order valence-electron chi connectivity index (χ2n) is 7.17. The number of halogens is 2. The zero-order chi connectivity index (χ0) is 18.8. The zero-order valence-electron chi connectivity index (χ0n) is 17.7. The summed E-state index contributed by atoms with van der Waals surface area (Å²) in [4.78, 5) is 0. The van der Waals surface area contributed by atoms with Crippen LogP contribution < -0.4 is 0 Å². The summed E-state index contributed by atoms with van der Waals surface area (Å²) in [5.41, 5.74) is 3.07. The van der Waals surface area contributed by atoms with Gasteiger partial charge >= 0.3 is 63.8 Å². The number of hydrogen-bond acceptors (Lipinski definition) is 0. The van der Waals surface area contributed by atoms with E-state index in [4.69, 9.17) is 0 Å². The van der Waals surface area contributed by atoms with Crippen LogP contribution >= 0.6 is 24.8 Å². The minimum absolute atomic E-state index is 0. The maximum Gasteiger partial charge on any atom is -0.0809 e. The fourth-order valence-corrected chi connectivity index (χ4v) is 3.01. The van der Waals surface area contributed by atoms with E-state index < -0.39 is 0 Å². The third-order valence-corrected chi connectivity index (χ3v) is 4.90. The van der Waals surface area contributed by atoms with Gasteiger partial charge in [0, 0.05) is 0 Å². The summed E-state index contributed by atoms with van der Waals surface area (Å²) in [6.07, 6.45) is 8.50. The molecule has 0 N–H and O–H groups in total. The van der Waals surface area contributed by atoms with Crippen LogP contribution in [0.2, 0.25) is 0 Å². The van der Waals surface area contributed by atoms with Crippen molar-refractivity contribution in [2.24, 2.45) is 5.41 Å². The molecule has 3 aromatic carbocycles. The summed E-state index contributed by atoms with van der Waals surface area (Å²) < 4.78 is 2.17. The van der Waals surface area contributed by atoms with Crippen molar-refractivity contribution >= 4 is 39.3 Å². The molecule has 0 nitrogen and oxygen atoms in total. The average molecular weight is 506 g/mol. The van der Waals surface area contributed by atoms with Crippen LogP contribution in [0.5, 0.6) is 0 Å². The van der Waals surface area contributed by atoms with Gasteiger partial charge in [-0.15, -0.1) is 60.9 Å². The van der Waals surface area contributed by atoms with E-state index in [1.54, 1.807) is 0 Å². The Kier molecular flexibility index (Phi) is 16.2. The zero-order valence-corrected chi connectivity index (χ0v) is 21.8. The Morgan fingerprint density at radius 1 is 0.931 bits per heavy atom. The predicted molar refractivity (Wildman–Crippen MR) is 132 cm³/mol. The molecule has 3 aromatic rings. The molecule has 1 aliphatic rings. The van der Waals surface area contributed by atoms with Crippen molar-refractivity contribution in [2.75, 3.05) is 0 Å². The van der Waals surface area contributed by atoms with Gasteiger partial charge in [0.2, 0.25) is 0 Å². The molecule has 156 valence electrons. The molecule has 0 fully saturated rings. The Balaban J connectivity index is 0. The number of benzene rings is 2. The van der Waals surface area contributed by atoms with E-state index in [2.05, 4.69) is 109 Å². The van der Waals surface area contributed by atoms with E-state index in [9.17, 15) is 0 Å². The van der Waals surface area contributed by atoms with Crippen molar-refractivity contribution < 1.29 is 24.2 Å². The van der Waals surface area contributed by atoms with E-state index in [1.807, 2.05) is 6.07 Å². The molecule has 0 aliphatic heterocycles. The Bertz CT molecular complexity index is 838. The van der Waals surface area contributed by atoms with Gasteiger partial charge in [-0.1, -0.05) is 32.3 Å². The molecule has 0 heterocycles. The molecule has 0 unspecified atom stereocenters. The summed E-state index contributed by atoms with van der Waals surface area (Å²) in [7, 11) is 0. The van der Waals surface area contributed by atoms with E-state index in [1.165, 1.54) is 46.1 Å². The van der Waals surface area contributed by atoms with Crippen LogP contribution in [0.15, 0.2) is 90.5 Å². The minimum Gasteiger partial charge on any atom is -0.168 e. The molecule has 0 saturated heterocycles. The molecule has 3 heteroatoms. The van der Waals surface area contributed by atoms with Crippen molar-refractivity contribution in [3.8, 4) is 0 Å². The van der Waals surface area contributed by atoms with E-state index >= 15 is 0 Å². The maximum atomic E-state index is 3.16. The van der Waals surface area contributed by atoms with Gasteiger partial charge in [-0.05, 0) is 0 Å². The Morgan fingerprint density at radius 3 is 2.00 bits per heavy atom. The molecule has 0 amide bonds. The van der Waals surface area contributed by atoms with Crippen LogP contribution in [0.3, 0.4) is 0 Å². The Labute approximate surface area is 204 Å². The summed E-state index contributed by atoms with van der Waals surface area (Å²) in [5, 5.41) is 2.66. The van der Waals surface area contributed by atoms with Crippen molar-refractivity contribution in [3.63, 3.8) is 0 Å². The van der Waals surface area contributed by atoms with Crippen LogP contribution in [0, 0.1) is 18.9 Å². The van der Waals surface area contributed by atoms with Crippen molar-refractivity contribution in [3.05, 3.63) is 110 Å². The maximum absolute atomic E-state index is 3.16. The molecule has 1 aliphatic carbocycles. The molecule has 0 saturated carbocycles. The molecule has 0 atom stereocenters. The molecule has 0 radical (unpaired) electrons. The largest absolute Gasteiger partial charge is 0.168 e. The van der Waals surface area contributed by atoms with E-state index in [-0.39, 0.29) is 32.2 Å².